The van der Waals surface area contributed by atoms with Gasteiger partial charge in [0.1, 0.15) is 16.6 Å². The van der Waals surface area contributed by atoms with Gasteiger partial charge in [-0.2, -0.15) is 15.4 Å². The Morgan fingerprint density at radius 3 is 2.67 bits per heavy atom. The summed E-state index contributed by atoms with van der Waals surface area (Å²) in [6.45, 7) is 4.15. The van der Waals surface area contributed by atoms with Crippen LogP contribution in [0.2, 0.25) is 0 Å². The van der Waals surface area contributed by atoms with Gasteiger partial charge in [-0.15, -0.1) is 0 Å². The Bertz CT molecular complexity index is 654. The molecule has 1 aromatic carbocycles. The number of rotatable bonds is 0. The summed E-state index contributed by atoms with van der Waals surface area (Å²) < 4.78 is 0. The topological polar surface area (TPSA) is 54.5 Å². The molecule has 0 aliphatic heterocycles. The molecule has 0 aliphatic carbocycles. The van der Waals surface area contributed by atoms with E-state index in [0.29, 0.717) is 0 Å². The molecule has 0 fully saturated rings. The van der Waals surface area contributed by atoms with Crippen LogP contribution < -0.4 is 0 Å². The zero-order chi connectivity index (χ0) is 10.4. The minimum atomic E-state index is 0.855. The van der Waals surface area contributed by atoms with Crippen molar-refractivity contribution in [3.8, 4) is 0 Å². The summed E-state index contributed by atoms with van der Waals surface area (Å²) in [6, 6.07) is 4.01. The minimum Gasteiger partial charge on any atom is -0.254 e. The van der Waals surface area contributed by atoms with E-state index in [1.165, 1.54) is 11.1 Å². The van der Waals surface area contributed by atoms with Crippen molar-refractivity contribution < 1.29 is 0 Å². The molecule has 0 saturated heterocycles. The van der Waals surface area contributed by atoms with E-state index in [0.717, 1.165) is 21.9 Å². The average molecular weight is 198 g/mol. The fraction of sp³-hybridized carbons (Fsp3) is 0.182. The highest BCUT2D eigenvalue weighted by Gasteiger charge is 2.11. The van der Waals surface area contributed by atoms with E-state index in [9.17, 15) is 0 Å². The molecule has 3 aromatic rings. The van der Waals surface area contributed by atoms with Crippen LogP contribution in [0.15, 0.2) is 18.3 Å². The van der Waals surface area contributed by atoms with Crippen LogP contribution in [0, 0.1) is 13.8 Å². The fourth-order valence-corrected chi connectivity index (χ4v) is 1.93. The first-order chi connectivity index (χ1) is 7.29. The van der Waals surface area contributed by atoms with Gasteiger partial charge >= 0.3 is 0 Å². The number of pyridine rings is 1. The lowest BCUT2D eigenvalue weighted by molar-refractivity contribution is 0.958. The molecule has 3 rings (SSSR count). The molecule has 0 spiro atoms. The van der Waals surface area contributed by atoms with Gasteiger partial charge in [-0.05, 0) is 31.0 Å². The van der Waals surface area contributed by atoms with Gasteiger partial charge in [0.05, 0.1) is 0 Å². The van der Waals surface area contributed by atoms with Crippen molar-refractivity contribution in [2.45, 2.75) is 13.8 Å². The summed E-state index contributed by atoms with van der Waals surface area (Å²) in [4.78, 5) is 4.36. The van der Waals surface area contributed by atoms with Crippen molar-refractivity contribution in [3.05, 3.63) is 29.5 Å². The lowest BCUT2D eigenvalue weighted by Gasteiger charge is -2.05. The maximum atomic E-state index is 4.36. The Morgan fingerprint density at radius 1 is 1.00 bits per heavy atom. The highest BCUT2D eigenvalue weighted by Crippen LogP contribution is 2.27. The van der Waals surface area contributed by atoms with Crippen LogP contribution in [-0.2, 0) is 0 Å². The van der Waals surface area contributed by atoms with Crippen LogP contribution >= 0.6 is 0 Å². The van der Waals surface area contributed by atoms with E-state index in [-0.39, 0.29) is 0 Å². The van der Waals surface area contributed by atoms with Gasteiger partial charge in [-0.1, -0.05) is 6.07 Å². The first kappa shape index (κ1) is 8.35. The molecule has 0 atom stereocenters. The average Bonchev–Trinajstić information content (AvgIpc) is 2.75. The van der Waals surface area contributed by atoms with Crippen molar-refractivity contribution in [1.82, 2.24) is 20.4 Å². The van der Waals surface area contributed by atoms with E-state index in [1.807, 2.05) is 6.07 Å². The Labute approximate surface area is 86.3 Å². The molecular formula is C11H10N4. The number of aromatic nitrogens is 4. The van der Waals surface area contributed by atoms with Crippen LogP contribution in [-0.4, -0.2) is 20.4 Å². The highest BCUT2D eigenvalue weighted by molar-refractivity contribution is 6.04. The molecule has 15 heavy (non-hydrogen) atoms. The second-order valence-electron chi connectivity index (χ2n) is 3.67. The molecule has 4 nitrogen and oxygen atoms in total. The second-order valence-corrected chi connectivity index (χ2v) is 3.67. The predicted octanol–water partition coefficient (Wildman–Crippen LogP) is 2.12. The molecule has 0 amide bonds. The van der Waals surface area contributed by atoms with Crippen LogP contribution in [0.3, 0.4) is 0 Å². The quantitative estimate of drug-likeness (QED) is 0.602. The summed E-state index contributed by atoms with van der Waals surface area (Å²) in [5.41, 5.74) is 5.08. The zero-order valence-electron chi connectivity index (χ0n) is 8.57. The first-order valence-electron chi connectivity index (χ1n) is 4.83. The maximum absolute atomic E-state index is 4.36. The van der Waals surface area contributed by atoms with Crippen molar-refractivity contribution >= 4 is 21.9 Å². The van der Waals surface area contributed by atoms with E-state index in [1.54, 1.807) is 6.20 Å². The fourth-order valence-electron chi connectivity index (χ4n) is 1.93. The van der Waals surface area contributed by atoms with Crippen molar-refractivity contribution in [2.24, 2.45) is 0 Å². The molecule has 0 aliphatic rings. The molecule has 2 aromatic heterocycles. The molecule has 0 bridgehead atoms. The van der Waals surface area contributed by atoms with E-state index in [2.05, 4.69) is 40.3 Å². The van der Waals surface area contributed by atoms with E-state index < -0.39 is 0 Å². The lowest BCUT2D eigenvalue weighted by Crippen LogP contribution is -1.89. The number of fused-ring (bicyclic) bond motifs is 3. The molecule has 0 unspecified atom stereocenters. The number of benzene rings is 1. The molecule has 2 heterocycles. The Balaban J connectivity index is 2.70. The SMILES string of the molecule is Cc1c(C)c2n[nH]nc2c2ncccc12. The van der Waals surface area contributed by atoms with Crippen LogP contribution in [0.5, 0.6) is 0 Å². The lowest BCUT2D eigenvalue weighted by atomic mass is 10.0. The summed E-state index contributed by atoms with van der Waals surface area (Å²) in [6.07, 6.45) is 1.78. The molecular weight excluding hydrogens is 188 g/mol. The Hall–Kier alpha value is -1.97. The number of nitrogens with one attached hydrogen (secondary N) is 1. The van der Waals surface area contributed by atoms with E-state index in [4.69, 9.17) is 0 Å². The Morgan fingerprint density at radius 2 is 1.80 bits per heavy atom. The second kappa shape index (κ2) is 2.76. The van der Waals surface area contributed by atoms with Crippen molar-refractivity contribution in [2.75, 3.05) is 0 Å². The van der Waals surface area contributed by atoms with E-state index >= 15 is 0 Å². The summed E-state index contributed by atoms with van der Waals surface area (Å²) in [5.74, 6) is 0. The first-order valence-corrected chi connectivity index (χ1v) is 4.83. The standard InChI is InChI=1S/C11H10N4/c1-6-7(2)9-11(14-15-13-9)10-8(6)4-3-5-12-10/h3-5H,1-2H3,(H,13,14,15). The van der Waals surface area contributed by atoms with Crippen molar-refractivity contribution in [3.63, 3.8) is 0 Å². The third kappa shape index (κ3) is 0.986. The summed E-state index contributed by atoms with van der Waals surface area (Å²) in [7, 11) is 0. The summed E-state index contributed by atoms with van der Waals surface area (Å²) in [5, 5.41) is 12.1. The van der Waals surface area contributed by atoms with Gasteiger partial charge in [0, 0.05) is 11.6 Å². The molecule has 0 saturated carbocycles. The van der Waals surface area contributed by atoms with Gasteiger partial charge in [0.2, 0.25) is 0 Å². The minimum absolute atomic E-state index is 0.855. The third-order valence-electron chi connectivity index (χ3n) is 2.90. The van der Waals surface area contributed by atoms with Crippen LogP contribution in [0.25, 0.3) is 21.9 Å². The predicted molar refractivity (Wildman–Crippen MR) is 58.7 cm³/mol. The number of H-pyrrole nitrogens is 1. The largest absolute Gasteiger partial charge is 0.254 e. The van der Waals surface area contributed by atoms with Gasteiger partial charge < -0.3 is 0 Å². The number of hydrogen-bond acceptors (Lipinski definition) is 3. The molecule has 4 heteroatoms. The highest BCUT2D eigenvalue weighted by atomic mass is 15.3. The van der Waals surface area contributed by atoms with Gasteiger partial charge in [-0.25, -0.2) is 0 Å². The van der Waals surface area contributed by atoms with Gasteiger partial charge in [-0.3, -0.25) is 4.98 Å². The van der Waals surface area contributed by atoms with Gasteiger partial charge in [0.15, 0.2) is 0 Å². The van der Waals surface area contributed by atoms with Crippen LogP contribution in [0.1, 0.15) is 11.1 Å². The normalized spacial score (nSPS) is 11.3. The molecule has 74 valence electrons. The monoisotopic (exact) mass is 198 g/mol. The van der Waals surface area contributed by atoms with Gasteiger partial charge in [0.25, 0.3) is 0 Å². The number of aryl methyl sites for hydroxylation is 2. The zero-order valence-corrected chi connectivity index (χ0v) is 8.57. The van der Waals surface area contributed by atoms with Crippen molar-refractivity contribution in [1.29, 1.82) is 0 Å². The Kier molecular flexibility index (Phi) is 1.54. The smallest absolute Gasteiger partial charge is 0.139 e. The molecule has 1 N–H and O–H groups in total. The summed E-state index contributed by atoms with van der Waals surface area (Å²) >= 11 is 0. The number of nitrogens with zero attached hydrogens (tertiary/aromatic N) is 3. The molecule has 0 radical (unpaired) electrons. The third-order valence-corrected chi connectivity index (χ3v) is 2.90. The maximum Gasteiger partial charge on any atom is 0.139 e. The van der Waals surface area contributed by atoms with Crippen LogP contribution in [0.4, 0.5) is 0 Å². The number of hydrogen-bond donors (Lipinski definition) is 1. The number of aromatic amines is 1.